The first-order valence-electron chi connectivity index (χ1n) is 6.76. The summed E-state index contributed by atoms with van der Waals surface area (Å²) >= 11 is 0. The number of hydrogen-bond donors (Lipinski definition) is 0. The first-order chi connectivity index (χ1) is 8.55. The minimum Gasteiger partial charge on any atom is -0.461 e. The van der Waals surface area contributed by atoms with Crippen LogP contribution in [0.1, 0.15) is 70.2 Å². The minimum atomic E-state index is -0.348. The van der Waals surface area contributed by atoms with Gasteiger partial charge in [0, 0.05) is 11.1 Å². The summed E-state index contributed by atoms with van der Waals surface area (Å²) in [5, 5.41) is 0. The van der Waals surface area contributed by atoms with Gasteiger partial charge in [0.1, 0.15) is 5.69 Å². The number of nitrogens with zero attached hydrogens (tertiary/aromatic N) is 1. The van der Waals surface area contributed by atoms with Crippen LogP contribution in [0.2, 0.25) is 0 Å². The van der Waals surface area contributed by atoms with E-state index in [1.165, 1.54) is 0 Å². The van der Waals surface area contributed by atoms with Gasteiger partial charge in [0.2, 0.25) is 0 Å². The molecule has 3 nitrogen and oxygen atoms in total. The fraction of sp³-hybridized carbons (Fsp3) is 0.625. The molecule has 0 bridgehead atoms. The van der Waals surface area contributed by atoms with Crippen LogP contribution in [0.4, 0.5) is 0 Å². The van der Waals surface area contributed by atoms with Gasteiger partial charge in [-0.3, -0.25) is 0 Å². The Hall–Kier alpha value is -1.38. The van der Waals surface area contributed by atoms with Crippen molar-refractivity contribution in [1.82, 2.24) is 4.98 Å². The maximum Gasteiger partial charge on any atom is 0.356 e. The van der Waals surface area contributed by atoms with E-state index in [0.29, 0.717) is 12.3 Å². The molecule has 0 radical (unpaired) electrons. The molecule has 0 spiro atoms. The van der Waals surface area contributed by atoms with Crippen LogP contribution in [0.15, 0.2) is 12.1 Å². The van der Waals surface area contributed by atoms with Crippen molar-refractivity contribution < 1.29 is 9.53 Å². The lowest BCUT2D eigenvalue weighted by Crippen LogP contribution is -2.21. The Morgan fingerprint density at radius 1 is 1.11 bits per heavy atom. The van der Waals surface area contributed by atoms with E-state index in [4.69, 9.17) is 4.74 Å². The molecule has 0 aliphatic rings. The van der Waals surface area contributed by atoms with Gasteiger partial charge >= 0.3 is 5.97 Å². The first-order valence-corrected chi connectivity index (χ1v) is 6.76. The fourth-order valence-corrected chi connectivity index (χ4v) is 1.66. The lowest BCUT2D eigenvalue weighted by molar-refractivity contribution is 0.0518. The van der Waals surface area contributed by atoms with Crippen LogP contribution in [0.5, 0.6) is 0 Å². The molecule has 1 aromatic heterocycles. The normalized spacial score (nSPS) is 12.4. The zero-order valence-corrected chi connectivity index (χ0v) is 13.1. The summed E-state index contributed by atoms with van der Waals surface area (Å²) in [6.45, 7) is 14.8. The Labute approximate surface area is 116 Å². The van der Waals surface area contributed by atoms with E-state index in [1.807, 2.05) is 6.07 Å². The lowest BCUT2D eigenvalue weighted by Gasteiger charge is -2.24. The molecule has 0 N–H and O–H groups in total. The molecule has 3 heteroatoms. The second-order valence-corrected chi connectivity index (χ2v) is 6.85. The molecule has 1 rings (SSSR count). The zero-order chi connectivity index (χ0) is 14.8. The number of rotatable bonds is 2. The van der Waals surface area contributed by atoms with E-state index < -0.39 is 0 Å². The van der Waals surface area contributed by atoms with Crippen LogP contribution in [0, 0.1) is 0 Å². The van der Waals surface area contributed by atoms with Gasteiger partial charge in [0.15, 0.2) is 0 Å². The number of carbonyl (C=O) groups excluding carboxylic acids is 1. The Kier molecular flexibility index (Phi) is 4.39. The third kappa shape index (κ3) is 4.05. The van der Waals surface area contributed by atoms with E-state index >= 15 is 0 Å². The first kappa shape index (κ1) is 15.7. The van der Waals surface area contributed by atoms with Gasteiger partial charge in [-0.15, -0.1) is 0 Å². The predicted molar refractivity (Wildman–Crippen MR) is 77.6 cm³/mol. The van der Waals surface area contributed by atoms with Gasteiger partial charge in [-0.1, -0.05) is 41.5 Å². The monoisotopic (exact) mass is 263 g/mol. The third-order valence-electron chi connectivity index (χ3n) is 2.94. The van der Waals surface area contributed by atoms with Gasteiger partial charge in [-0.25, -0.2) is 9.78 Å². The number of ether oxygens (including phenoxy) is 1. The van der Waals surface area contributed by atoms with Gasteiger partial charge in [0.25, 0.3) is 0 Å². The van der Waals surface area contributed by atoms with Crippen LogP contribution in [-0.2, 0) is 15.6 Å². The standard InChI is InChI=1S/C16H25NO2/c1-8-19-14(18)12-9-11(15(2,3)4)10-13(17-12)16(5,6)7/h9-10H,8H2,1-7H3. The lowest BCUT2D eigenvalue weighted by atomic mass is 9.83. The smallest absolute Gasteiger partial charge is 0.356 e. The van der Waals surface area contributed by atoms with Crippen molar-refractivity contribution in [2.24, 2.45) is 0 Å². The number of carbonyl (C=O) groups is 1. The molecular formula is C16H25NO2. The Morgan fingerprint density at radius 3 is 2.11 bits per heavy atom. The van der Waals surface area contributed by atoms with Crippen molar-refractivity contribution >= 4 is 5.97 Å². The van der Waals surface area contributed by atoms with Crippen LogP contribution in [0.25, 0.3) is 0 Å². The molecule has 1 heterocycles. The van der Waals surface area contributed by atoms with E-state index in [1.54, 1.807) is 6.92 Å². The topological polar surface area (TPSA) is 39.2 Å². The fourth-order valence-electron chi connectivity index (χ4n) is 1.66. The highest BCUT2D eigenvalue weighted by Crippen LogP contribution is 2.28. The summed E-state index contributed by atoms with van der Waals surface area (Å²) in [7, 11) is 0. The number of pyridine rings is 1. The third-order valence-corrected chi connectivity index (χ3v) is 2.94. The van der Waals surface area contributed by atoms with Crippen molar-refractivity contribution in [3.8, 4) is 0 Å². The predicted octanol–water partition coefficient (Wildman–Crippen LogP) is 3.85. The molecule has 0 aromatic carbocycles. The van der Waals surface area contributed by atoms with E-state index in [0.717, 1.165) is 11.3 Å². The molecule has 0 saturated heterocycles. The van der Waals surface area contributed by atoms with E-state index in [9.17, 15) is 4.79 Å². The molecule has 0 aliphatic carbocycles. The Balaban J connectivity index is 3.37. The SMILES string of the molecule is CCOC(=O)c1cc(C(C)(C)C)cc(C(C)(C)C)n1. The van der Waals surface area contributed by atoms with Crippen molar-refractivity contribution in [3.63, 3.8) is 0 Å². The van der Waals surface area contributed by atoms with Gasteiger partial charge in [-0.05, 0) is 30.0 Å². The number of hydrogen-bond acceptors (Lipinski definition) is 3. The second-order valence-electron chi connectivity index (χ2n) is 6.85. The van der Waals surface area contributed by atoms with Crippen molar-refractivity contribution in [2.45, 2.75) is 59.3 Å². The quantitative estimate of drug-likeness (QED) is 0.761. The summed E-state index contributed by atoms with van der Waals surface area (Å²) in [5.74, 6) is -0.348. The van der Waals surface area contributed by atoms with Crippen molar-refractivity contribution in [1.29, 1.82) is 0 Å². The van der Waals surface area contributed by atoms with Gasteiger partial charge in [0.05, 0.1) is 6.61 Å². The molecular weight excluding hydrogens is 238 g/mol. The van der Waals surface area contributed by atoms with Crippen molar-refractivity contribution in [2.75, 3.05) is 6.61 Å². The average molecular weight is 263 g/mol. The van der Waals surface area contributed by atoms with Gasteiger partial charge in [-0.2, -0.15) is 0 Å². The molecule has 0 aliphatic heterocycles. The summed E-state index contributed by atoms with van der Waals surface area (Å²) in [5.41, 5.74) is 2.31. The maximum absolute atomic E-state index is 11.9. The highest BCUT2D eigenvalue weighted by Gasteiger charge is 2.23. The summed E-state index contributed by atoms with van der Waals surface area (Å²) < 4.78 is 5.06. The summed E-state index contributed by atoms with van der Waals surface area (Å²) in [4.78, 5) is 16.4. The van der Waals surface area contributed by atoms with Crippen LogP contribution in [-0.4, -0.2) is 17.6 Å². The largest absolute Gasteiger partial charge is 0.461 e. The summed E-state index contributed by atoms with van der Waals surface area (Å²) in [6, 6.07) is 3.93. The molecule has 0 saturated carbocycles. The molecule has 0 unspecified atom stereocenters. The molecule has 0 amide bonds. The summed E-state index contributed by atoms with van der Waals surface area (Å²) in [6.07, 6.45) is 0. The van der Waals surface area contributed by atoms with Crippen LogP contribution >= 0.6 is 0 Å². The maximum atomic E-state index is 11.9. The Bertz CT molecular complexity index is 432. The molecule has 1 aromatic rings. The highest BCUT2D eigenvalue weighted by molar-refractivity contribution is 5.87. The minimum absolute atomic E-state index is 0.0236. The molecule has 19 heavy (non-hydrogen) atoms. The second kappa shape index (κ2) is 5.32. The Morgan fingerprint density at radius 2 is 1.68 bits per heavy atom. The number of esters is 1. The van der Waals surface area contributed by atoms with E-state index in [-0.39, 0.29) is 16.8 Å². The van der Waals surface area contributed by atoms with E-state index in [2.05, 4.69) is 52.6 Å². The van der Waals surface area contributed by atoms with Crippen LogP contribution < -0.4 is 0 Å². The molecule has 0 atom stereocenters. The zero-order valence-electron chi connectivity index (χ0n) is 13.1. The van der Waals surface area contributed by atoms with Gasteiger partial charge < -0.3 is 4.74 Å². The molecule has 106 valence electrons. The van der Waals surface area contributed by atoms with Crippen molar-refractivity contribution in [3.05, 3.63) is 29.1 Å². The average Bonchev–Trinajstić information content (AvgIpc) is 2.26. The highest BCUT2D eigenvalue weighted by atomic mass is 16.5. The number of aromatic nitrogens is 1. The molecule has 0 fully saturated rings. The van der Waals surface area contributed by atoms with Crippen LogP contribution in [0.3, 0.4) is 0 Å².